The van der Waals surface area contributed by atoms with Crippen molar-refractivity contribution in [1.29, 1.82) is 0 Å². The van der Waals surface area contributed by atoms with Gasteiger partial charge in [0.25, 0.3) is 0 Å². The van der Waals surface area contributed by atoms with Crippen LogP contribution in [0.5, 0.6) is 0 Å². The second-order valence-corrected chi connectivity index (χ2v) is 4.58. The van der Waals surface area contributed by atoms with Gasteiger partial charge in [-0.2, -0.15) is 0 Å². The van der Waals surface area contributed by atoms with Crippen LogP contribution in [-0.2, 0) is 16.0 Å². The van der Waals surface area contributed by atoms with Crippen molar-refractivity contribution in [2.24, 2.45) is 0 Å². The van der Waals surface area contributed by atoms with E-state index in [2.05, 4.69) is 0 Å². The predicted octanol–water partition coefficient (Wildman–Crippen LogP) is -3.38. The molecule has 0 aromatic heterocycles. The van der Waals surface area contributed by atoms with Gasteiger partial charge in [0, 0.05) is 0 Å². The van der Waals surface area contributed by atoms with Gasteiger partial charge >= 0.3 is 0 Å². The lowest BCUT2D eigenvalue weighted by atomic mass is 10.0. The molecule has 0 rings (SSSR count). The summed E-state index contributed by atoms with van der Waals surface area (Å²) in [6.07, 6.45) is -3.56. The largest absolute Gasteiger partial charge is 0.617 e. The van der Waals surface area contributed by atoms with Crippen molar-refractivity contribution in [3.63, 3.8) is 0 Å². The Hall–Kier alpha value is -0.220. The molecule has 0 saturated heterocycles. The van der Waals surface area contributed by atoms with Crippen molar-refractivity contribution in [2.45, 2.75) is 24.4 Å². The fourth-order valence-corrected chi connectivity index (χ4v) is 0.618. The average Bonchev–Trinajstić information content (AvgIpc) is 2.24. The maximum absolute atomic E-state index is 9.90. The van der Waals surface area contributed by atoms with Crippen LogP contribution in [-0.4, -0.2) is 79.9 Å². The summed E-state index contributed by atoms with van der Waals surface area (Å²) < 4.78 is 9.56. The van der Waals surface area contributed by atoms with Crippen molar-refractivity contribution >= 4 is 17.5 Å². The summed E-state index contributed by atoms with van der Waals surface area (Å²) in [7, 11) is 0. The minimum atomic E-state index is -1.79. The summed E-state index contributed by atoms with van der Waals surface area (Å²) in [6, 6.07) is 0. The SMILES string of the molecule is C[S+](C)[O-].O=CC(O)C(O)C(O)C(O)CO. The van der Waals surface area contributed by atoms with E-state index in [1.165, 1.54) is 0 Å². The van der Waals surface area contributed by atoms with Crippen LogP contribution in [0.1, 0.15) is 0 Å². The lowest BCUT2D eigenvalue weighted by molar-refractivity contribution is -0.136. The summed E-state index contributed by atoms with van der Waals surface area (Å²) in [5.74, 6) is 0. The molecular formula is C8H18O7S. The molecule has 0 heterocycles. The molecule has 0 aromatic rings. The monoisotopic (exact) mass is 258 g/mol. The van der Waals surface area contributed by atoms with Crippen molar-refractivity contribution in [3.05, 3.63) is 0 Å². The average molecular weight is 258 g/mol. The first-order valence-electron chi connectivity index (χ1n) is 4.31. The molecule has 0 amide bonds. The second-order valence-electron chi connectivity index (χ2n) is 3.10. The van der Waals surface area contributed by atoms with Gasteiger partial charge in [-0.25, -0.2) is 0 Å². The molecule has 0 radical (unpaired) electrons. The van der Waals surface area contributed by atoms with Gasteiger partial charge in [-0.3, -0.25) is 0 Å². The lowest BCUT2D eigenvalue weighted by Gasteiger charge is -2.22. The maximum Gasteiger partial charge on any atom is 0.151 e. The normalized spacial score (nSPS) is 18.1. The van der Waals surface area contributed by atoms with E-state index in [9.17, 15) is 9.35 Å². The van der Waals surface area contributed by atoms with Gasteiger partial charge < -0.3 is 34.9 Å². The number of hydrogen-bond acceptors (Lipinski definition) is 7. The molecule has 98 valence electrons. The number of carbonyl (C=O) groups is 1. The highest BCUT2D eigenvalue weighted by Crippen LogP contribution is 2.02. The second kappa shape index (κ2) is 9.97. The first kappa shape index (κ1) is 18.2. The Morgan fingerprint density at radius 3 is 1.81 bits per heavy atom. The van der Waals surface area contributed by atoms with E-state index < -0.39 is 42.2 Å². The van der Waals surface area contributed by atoms with Gasteiger partial charge in [-0.15, -0.1) is 0 Å². The minimum Gasteiger partial charge on any atom is -0.617 e. The molecule has 7 nitrogen and oxygen atoms in total. The zero-order valence-electron chi connectivity index (χ0n) is 9.05. The molecular weight excluding hydrogens is 240 g/mol. The van der Waals surface area contributed by atoms with E-state index in [0.29, 0.717) is 0 Å². The van der Waals surface area contributed by atoms with Crippen LogP contribution in [0.25, 0.3) is 0 Å². The number of aldehydes is 1. The Kier molecular flexibility index (Phi) is 11.3. The third-order valence-corrected chi connectivity index (χ3v) is 1.42. The lowest BCUT2D eigenvalue weighted by Crippen LogP contribution is -2.46. The molecule has 0 aliphatic carbocycles. The molecule has 0 saturated carbocycles. The van der Waals surface area contributed by atoms with Crippen molar-refractivity contribution in [1.82, 2.24) is 0 Å². The Morgan fingerprint density at radius 1 is 1.19 bits per heavy atom. The molecule has 16 heavy (non-hydrogen) atoms. The van der Waals surface area contributed by atoms with E-state index in [0.717, 1.165) is 0 Å². The van der Waals surface area contributed by atoms with Crippen LogP contribution < -0.4 is 0 Å². The Bertz CT molecular complexity index is 175. The molecule has 5 N–H and O–H groups in total. The van der Waals surface area contributed by atoms with Crippen LogP contribution in [0.15, 0.2) is 0 Å². The standard InChI is InChI=1S/C6H12O6.C2H6OS/c7-1-3(9)5(11)6(12)4(10)2-8;1-4(2)3/h1,3-6,8-12H,2H2;1-2H3. The minimum absolute atomic E-state index is 0.0258. The first-order chi connectivity index (χ1) is 7.27. The molecule has 0 aromatic carbocycles. The molecule has 8 heteroatoms. The Balaban J connectivity index is 0. The maximum atomic E-state index is 9.90. The van der Waals surface area contributed by atoms with E-state index in [1.54, 1.807) is 12.5 Å². The molecule has 0 fully saturated rings. The van der Waals surface area contributed by atoms with Crippen LogP contribution >= 0.6 is 0 Å². The highest BCUT2D eigenvalue weighted by molar-refractivity contribution is 7.89. The number of aliphatic hydroxyl groups excluding tert-OH is 5. The van der Waals surface area contributed by atoms with E-state index >= 15 is 0 Å². The van der Waals surface area contributed by atoms with E-state index in [-0.39, 0.29) is 6.29 Å². The summed E-state index contributed by atoms with van der Waals surface area (Å²) in [4.78, 5) is 9.90. The van der Waals surface area contributed by atoms with Crippen molar-refractivity contribution < 1.29 is 34.9 Å². The smallest absolute Gasteiger partial charge is 0.151 e. The molecule has 0 bridgehead atoms. The van der Waals surface area contributed by atoms with Gasteiger partial charge in [0.2, 0.25) is 0 Å². The third kappa shape index (κ3) is 9.04. The topological polar surface area (TPSA) is 141 Å². The zero-order valence-corrected chi connectivity index (χ0v) is 9.87. The van der Waals surface area contributed by atoms with Crippen LogP contribution in [0.3, 0.4) is 0 Å². The molecule has 0 spiro atoms. The van der Waals surface area contributed by atoms with Crippen molar-refractivity contribution in [3.8, 4) is 0 Å². The number of rotatable bonds is 5. The Morgan fingerprint density at radius 2 is 1.56 bits per heavy atom. The summed E-state index contributed by atoms with van der Waals surface area (Å²) in [5, 5.41) is 43.5. The van der Waals surface area contributed by atoms with Gasteiger partial charge in [-0.1, -0.05) is 11.2 Å². The van der Waals surface area contributed by atoms with Gasteiger partial charge in [0.15, 0.2) is 6.29 Å². The zero-order chi connectivity index (χ0) is 13.3. The molecule has 0 aliphatic heterocycles. The van der Waals surface area contributed by atoms with E-state index in [1.807, 2.05) is 0 Å². The highest BCUT2D eigenvalue weighted by Gasteiger charge is 2.29. The number of aliphatic hydroxyl groups is 5. The third-order valence-electron chi connectivity index (χ3n) is 1.42. The fraction of sp³-hybridized carbons (Fsp3) is 0.875. The first-order valence-corrected chi connectivity index (χ1v) is 6.28. The summed E-state index contributed by atoms with van der Waals surface area (Å²) >= 11 is -0.611. The van der Waals surface area contributed by atoms with Gasteiger partial charge in [0.1, 0.15) is 24.4 Å². The van der Waals surface area contributed by atoms with Crippen LogP contribution in [0, 0.1) is 0 Å². The van der Waals surface area contributed by atoms with Crippen molar-refractivity contribution in [2.75, 3.05) is 19.1 Å². The summed E-state index contributed by atoms with van der Waals surface area (Å²) in [5.41, 5.74) is 0. The van der Waals surface area contributed by atoms with Gasteiger partial charge in [0.05, 0.1) is 19.1 Å². The highest BCUT2D eigenvalue weighted by atomic mass is 32.2. The Labute approximate surface area is 96.5 Å². The van der Waals surface area contributed by atoms with Gasteiger partial charge in [-0.05, 0) is 0 Å². The van der Waals surface area contributed by atoms with Crippen LogP contribution in [0.4, 0.5) is 0 Å². The molecule has 0 aliphatic rings. The molecule has 4 atom stereocenters. The fourth-order valence-electron chi connectivity index (χ4n) is 0.618. The summed E-state index contributed by atoms with van der Waals surface area (Å²) in [6.45, 7) is -0.760. The number of hydrogen-bond donors (Lipinski definition) is 5. The predicted molar refractivity (Wildman–Crippen MR) is 57.2 cm³/mol. The van der Waals surface area contributed by atoms with E-state index in [4.69, 9.17) is 25.5 Å². The van der Waals surface area contributed by atoms with Crippen LogP contribution in [0.2, 0.25) is 0 Å². The molecule has 4 unspecified atom stereocenters. The quantitative estimate of drug-likeness (QED) is 0.256. The number of carbonyl (C=O) groups excluding carboxylic acids is 1.